The molecule has 3 heteroatoms. The fourth-order valence-corrected chi connectivity index (χ4v) is 4.27. The second-order valence-corrected chi connectivity index (χ2v) is 6.29. The summed E-state index contributed by atoms with van der Waals surface area (Å²) in [5.74, 6) is 2.05. The molecule has 0 aromatic carbocycles. The molecule has 2 rings (SSSR count). The van der Waals surface area contributed by atoms with Crippen molar-refractivity contribution >= 4 is 11.8 Å². The minimum atomic E-state index is 0.401. The predicted molar refractivity (Wildman–Crippen MR) is 61.9 cm³/mol. The molecule has 0 saturated carbocycles. The fraction of sp³-hybridized carbons (Fsp3) is 1.00. The molecule has 1 N–H and O–H groups in total. The van der Waals surface area contributed by atoms with Gasteiger partial charge >= 0.3 is 0 Å². The number of ether oxygens (including phenoxy) is 1. The van der Waals surface area contributed by atoms with E-state index in [9.17, 15) is 0 Å². The minimum Gasteiger partial charge on any atom is -0.376 e. The summed E-state index contributed by atoms with van der Waals surface area (Å²) in [6.07, 6.45) is 4.43. The van der Waals surface area contributed by atoms with Crippen molar-refractivity contribution in [3.05, 3.63) is 0 Å². The minimum absolute atomic E-state index is 0.401. The summed E-state index contributed by atoms with van der Waals surface area (Å²) in [6.45, 7) is 4.47. The van der Waals surface area contributed by atoms with Gasteiger partial charge in [0, 0.05) is 23.8 Å². The molecule has 2 fully saturated rings. The zero-order valence-electron chi connectivity index (χ0n) is 9.21. The van der Waals surface area contributed by atoms with Gasteiger partial charge < -0.3 is 10.1 Å². The van der Waals surface area contributed by atoms with Gasteiger partial charge in [-0.25, -0.2) is 0 Å². The molecular formula is C11H21NOS. The third-order valence-electron chi connectivity index (χ3n) is 3.53. The summed E-state index contributed by atoms with van der Waals surface area (Å²) in [7, 11) is 2.04. The number of hydrogen-bond donors (Lipinski definition) is 1. The molecule has 14 heavy (non-hydrogen) atoms. The molecule has 0 amide bonds. The topological polar surface area (TPSA) is 21.3 Å². The van der Waals surface area contributed by atoms with Crippen LogP contribution >= 0.6 is 11.8 Å². The van der Waals surface area contributed by atoms with Gasteiger partial charge in [-0.3, -0.25) is 0 Å². The number of hydrogen-bond acceptors (Lipinski definition) is 3. The van der Waals surface area contributed by atoms with Gasteiger partial charge in [-0.05, 0) is 39.0 Å². The molecule has 82 valence electrons. The number of rotatable bonds is 3. The van der Waals surface area contributed by atoms with Crippen molar-refractivity contribution < 1.29 is 4.74 Å². The van der Waals surface area contributed by atoms with Crippen molar-refractivity contribution in [2.45, 2.75) is 37.0 Å². The Morgan fingerprint density at radius 2 is 2.43 bits per heavy atom. The zero-order chi connectivity index (χ0) is 10.0. The first-order valence-corrected chi connectivity index (χ1v) is 6.65. The molecule has 2 nitrogen and oxygen atoms in total. The molecule has 2 aliphatic rings. The Morgan fingerprint density at radius 3 is 3.07 bits per heavy atom. The van der Waals surface area contributed by atoms with Crippen LogP contribution in [0.5, 0.6) is 0 Å². The Labute approximate surface area is 91.2 Å². The first-order chi connectivity index (χ1) is 6.76. The van der Waals surface area contributed by atoms with E-state index in [1.165, 1.54) is 25.0 Å². The Bertz CT molecular complexity index is 192. The highest BCUT2D eigenvalue weighted by Gasteiger charge is 2.44. The highest BCUT2D eigenvalue weighted by molar-refractivity contribution is 8.00. The first kappa shape index (κ1) is 10.8. The molecule has 0 aromatic rings. The van der Waals surface area contributed by atoms with E-state index in [1.54, 1.807) is 0 Å². The SMILES string of the molecule is CNCC1CCOC1C1(C)CCCS1. The highest BCUT2D eigenvalue weighted by atomic mass is 32.2. The van der Waals surface area contributed by atoms with E-state index in [-0.39, 0.29) is 0 Å². The Hall–Kier alpha value is 0.270. The van der Waals surface area contributed by atoms with Crippen LogP contribution in [0.25, 0.3) is 0 Å². The van der Waals surface area contributed by atoms with Gasteiger partial charge in [0.25, 0.3) is 0 Å². The van der Waals surface area contributed by atoms with E-state index in [0.717, 1.165) is 19.1 Å². The van der Waals surface area contributed by atoms with Crippen LogP contribution in [0, 0.1) is 5.92 Å². The Kier molecular flexibility index (Phi) is 3.40. The van der Waals surface area contributed by atoms with Crippen LogP contribution in [0.3, 0.4) is 0 Å². The third-order valence-corrected chi connectivity index (χ3v) is 5.12. The van der Waals surface area contributed by atoms with Gasteiger partial charge in [-0.15, -0.1) is 0 Å². The van der Waals surface area contributed by atoms with Gasteiger partial charge in [0.05, 0.1) is 6.10 Å². The maximum absolute atomic E-state index is 5.94. The Morgan fingerprint density at radius 1 is 1.57 bits per heavy atom. The zero-order valence-corrected chi connectivity index (χ0v) is 10.0. The van der Waals surface area contributed by atoms with Crippen molar-refractivity contribution in [3.63, 3.8) is 0 Å². The van der Waals surface area contributed by atoms with Crippen LogP contribution in [0.4, 0.5) is 0 Å². The predicted octanol–water partition coefficient (Wildman–Crippen LogP) is 1.90. The largest absolute Gasteiger partial charge is 0.376 e. The van der Waals surface area contributed by atoms with Crippen molar-refractivity contribution in [1.82, 2.24) is 5.32 Å². The summed E-state index contributed by atoms with van der Waals surface area (Å²) in [6, 6.07) is 0. The summed E-state index contributed by atoms with van der Waals surface area (Å²) in [4.78, 5) is 0. The van der Waals surface area contributed by atoms with Gasteiger partial charge in [0.2, 0.25) is 0 Å². The average Bonchev–Trinajstić information content (AvgIpc) is 2.75. The molecular weight excluding hydrogens is 194 g/mol. The van der Waals surface area contributed by atoms with Crippen molar-refractivity contribution in [1.29, 1.82) is 0 Å². The van der Waals surface area contributed by atoms with E-state index in [1.807, 2.05) is 7.05 Å². The summed E-state index contributed by atoms with van der Waals surface area (Å²) < 4.78 is 6.35. The molecule has 3 unspecified atom stereocenters. The molecule has 0 spiro atoms. The first-order valence-electron chi connectivity index (χ1n) is 5.66. The fourth-order valence-electron chi connectivity index (χ4n) is 2.81. The maximum atomic E-state index is 5.94. The lowest BCUT2D eigenvalue weighted by atomic mass is 9.88. The van der Waals surface area contributed by atoms with Crippen LogP contribution in [0.15, 0.2) is 0 Å². The molecule has 2 aliphatic heterocycles. The molecule has 3 atom stereocenters. The molecule has 0 radical (unpaired) electrons. The standard InChI is InChI=1S/C11H21NOS/c1-11(5-3-7-14-11)10-9(8-12-2)4-6-13-10/h9-10,12H,3-8H2,1-2H3. The van der Waals surface area contributed by atoms with Crippen LogP contribution in [-0.2, 0) is 4.74 Å². The third kappa shape index (κ3) is 1.95. The smallest absolute Gasteiger partial charge is 0.0760 e. The lowest BCUT2D eigenvalue weighted by molar-refractivity contribution is 0.0613. The summed E-state index contributed by atoms with van der Waals surface area (Å²) in [5, 5.41) is 3.29. The second-order valence-electron chi connectivity index (χ2n) is 4.66. The molecule has 2 saturated heterocycles. The molecule has 0 aliphatic carbocycles. The van der Waals surface area contributed by atoms with Crippen molar-refractivity contribution in [3.8, 4) is 0 Å². The average molecular weight is 215 g/mol. The van der Waals surface area contributed by atoms with Crippen molar-refractivity contribution in [2.75, 3.05) is 26.0 Å². The molecule has 0 bridgehead atoms. The highest BCUT2D eigenvalue weighted by Crippen LogP contribution is 2.46. The Balaban J connectivity index is 2.00. The van der Waals surface area contributed by atoms with Crippen molar-refractivity contribution in [2.24, 2.45) is 5.92 Å². The van der Waals surface area contributed by atoms with E-state index in [4.69, 9.17) is 4.74 Å². The van der Waals surface area contributed by atoms with Gasteiger partial charge in [0.1, 0.15) is 0 Å². The van der Waals surface area contributed by atoms with E-state index in [0.29, 0.717) is 10.9 Å². The monoisotopic (exact) mass is 215 g/mol. The van der Waals surface area contributed by atoms with E-state index < -0.39 is 0 Å². The van der Waals surface area contributed by atoms with Crippen LogP contribution in [-0.4, -0.2) is 36.8 Å². The number of nitrogens with one attached hydrogen (secondary N) is 1. The van der Waals surface area contributed by atoms with Crippen LogP contribution in [0.2, 0.25) is 0 Å². The summed E-state index contributed by atoms with van der Waals surface area (Å²) in [5.41, 5.74) is 0. The normalized spacial score (nSPS) is 43.3. The lowest BCUT2D eigenvalue weighted by Crippen LogP contribution is -2.41. The van der Waals surface area contributed by atoms with Crippen LogP contribution < -0.4 is 5.32 Å². The number of thioether (sulfide) groups is 1. The van der Waals surface area contributed by atoms with Gasteiger partial charge in [-0.2, -0.15) is 11.8 Å². The molecule has 0 aromatic heterocycles. The second kappa shape index (κ2) is 4.42. The van der Waals surface area contributed by atoms with Gasteiger partial charge in [-0.1, -0.05) is 0 Å². The van der Waals surface area contributed by atoms with Gasteiger partial charge in [0.15, 0.2) is 0 Å². The van der Waals surface area contributed by atoms with Crippen LogP contribution in [0.1, 0.15) is 26.2 Å². The summed E-state index contributed by atoms with van der Waals surface area (Å²) >= 11 is 2.12. The molecule has 2 heterocycles. The quantitative estimate of drug-likeness (QED) is 0.777. The maximum Gasteiger partial charge on any atom is 0.0760 e. The lowest BCUT2D eigenvalue weighted by Gasteiger charge is -2.33. The van der Waals surface area contributed by atoms with E-state index in [2.05, 4.69) is 24.0 Å². The van der Waals surface area contributed by atoms with E-state index >= 15 is 0 Å².